The first kappa shape index (κ1) is 11.6. The molecule has 0 unspecified atom stereocenters. The molecule has 1 rings (SSSR count). The Labute approximate surface area is 94.6 Å². The van der Waals surface area contributed by atoms with Gasteiger partial charge in [0, 0.05) is 5.33 Å². The Kier molecular flexibility index (Phi) is 3.99. The molecule has 0 heterocycles. The van der Waals surface area contributed by atoms with Gasteiger partial charge in [0.2, 0.25) is 0 Å². The van der Waals surface area contributed by atoms with Crippen molar-refractivity contribution in [3.8, 4) is 5.75 Å². The van der Waals surface area contributed by atoms with Crippen LogP contribution in [-0.2, 0) is 6.42 Å². The van der Waals surface area contributed by atoms with E-state index in [0.717, 1.165) is 17.5 Å². The van der Waals surface area contributed by atoms with Gasteiger partial charge < -0.3 is 4.74 Å². The number of hydrogen-bond acceptors (Lipinski definition) is 1. The van der Waals surface area contributed by atoms with Crippen LogP contribution in [0.3, 0.4) is 0 Å². The van der Waals surface area contributed by atoms with E-state index in [1.54, 1.807) is 0 Å². The summed E-state index contributed by atoms with van der Waals surface area (Å²) in [5.74, 6) is 0.999. The van der Waals surface area contributed by atoms with Gasteiger partial charge in [-0.2, -0.15) is 0 Å². The van der Waals surface area contributed by atoms with E-state index in [4.69, 9.17) is 4.74 Å². The Morgan fingerprint density at radius 1 is 1.21 bits per heavy atom. The zero-order valence-corrected chi connectivity index (χ0v) is 10.6. The molecule has 0 aliphatic heterocycles. The minimum absolute atomic E-state index is 0.123. The molecule has 0 fully saturated rings. The first-order valence-corrected chi connectivity index (χ1v) is 5.98. The fourth-order valence-corrected chi connectivity index (χ4v) is 1.67. The zero-order chi connectivity index (χ0) is 10.6. The molecule has 0 atom stereocenters. The lowest BCUT2D eigenvalue weighted by Crippen LogP contribution is -2.23. The quantitative estimate of drug-likeness (QED) is 0.748. The highest BCUT2D eigenvalue weighted by Gasteiger charge is 2.13. The summed E-state index contributed by atoms with van der Waals surface area (Å²) in [6, 6.07) is 8.21. The maximum Gasteiger partial charge on any atom is 0.123 e. The highest BCUT2D eigenvalue weighted by molar-refractivity contribution is 9.09. The lowest BCUT2D eigenvalue weighted by molar-refractivity contribution is 0.129. The van der Waals surface area contributed by atoms with Crippen molar-refractivity contribution in [1.82, 2.24) is 0 Å². The summed E-state index contributed by atoms with van der Waals surface area (Å²) < 4.78 is 5.86. The Bertz CT molecular complexity index is 289. The second kappa shape index (κ2) is 4.83. The van der Waals surface area contributed by atoms with Crippen molar-refractivity contribution < 1.29 is 4.74 Å². The fourth-order valence-electron chi connectivity index (χ4n) is 1.24. The number of para-hydroxylation sites is 1. The van der Waals surface area contributed by atoms with Crippen molar-refractivity contribution in [2.45, 2.75) is 32.8 Å². The maximum atomic E-state index is 5.86. The van der Waals surface area contributed by atoms with Crippen LogP contribution in [0.4, 0.5) is 0 Å². The first-order valence-electron chi connectivity index (χ1n) is 4.86. The molecular formula is C12H17BrO. The fraction of sp³-hybridized carbons (Fsp3) is 0.500. The molecule has 14 heavy (non-hydrogen) atoms. The summed E-state index contributed by atoms with van der Waals surface area (Å²) in [5.41, 5.74) is 1.14. The van der Waals surface area contributed by atoms with Gasteiger partial charge in [0.1, 0.15) is 11.4 Å². The topological polar surface area (TPSA) is 9.23 Å². The van der Waals surface area contributed by atoms with Gasteiger partial charge in [-0.25, -0.2) is 0 Å². The van der Waals surface area contributed by atoms with Crippen molar-refractivity contribution in [2.24, 2.45) is 0 Å². The van der Waals surface area contributed by atoms with E-state index in [1.807, 2.05) is 18.2 Å². The number of benzene rings is 1. The molecule has 0 spiro atoms. The number of hydrogen-bond donors (Lipinski definition) is 0. The predicted octanol–water partition coefficient (Wildman–Crippen LogP) is 3.80. The monoisotopic (exact) mass is 256 g/mol. The van der Waals surface area contributed by atoms with E-state index in [2.05, 4.69) is 42.8 Å². The summed E-state index contributed by atoms with van der Waals surface area (Å²) in [7, 11) is 0. The van der Waals surface area contributed by atoms with Crippen molar-refractivity contribution in [2.75, 3.05) is 5.33 Å². The molecule has 0 radical (unpaired) electrons. The van der Waals surface area contributed by atoms with Crippen LogP contribution in [0.15, 0.2) is 24.3 Å². The summed E-state index contributed by atoms with van der Waals surface area (Å²) in [6.45, 7) is 6.20. The molecular weight excluding hydrogens is 240 g/mol. The summed E-state index contributed by atoms with van der Waals surface area (Å²) >= 11 is 3.44. The number of aryl methyl sites for hydroxylation is 1. The molecule has 1 aromatic rings. The van der Waals surface area contributed by atoms with Gasteiger partial charge in [0.05, 0.1) is 0 Å². The summed E-state index contributed by atoms with van der Waals surface area (Å²) in [6.07, 6.45) is 1.01. The largest absolute Gasteiger partial charge is 0.488 e. The first-order chi connectivity index (χ1) is 6.53. The lowest BCUT2D eigenvalue weighted by Gasteiger charge is -2.23. The van der Waals surface area contributed by atoms with Crippen molar-refractivity contribution >= 4 is 15.9 Å². The standard InChI is InChI=1S/C12H17BrO/c1-12(2,3)14-11-7-5-4-6-10(11)8-9-13/h4-7H,8-9H2,1-3H3. The van der Waals surface area contributed by atoms with Gasteiger partial charge in [-0.1, -0.05) is 34.1 Å². The molecule has 2 heteroatoms. The second-order valence-corrected chi connectivity index (χ2v) is 5.05. The second-order valence-electron chi connectivity index (χ2n) is 4.26. The van der Waals surface area contributed by atoms with Crippen LogP contribution < -0.4 is 4.74 Å². The number of alkyl halides is 1. The molecule has 0 amide bonds. The summed E-state index contributed by atoms with van der Waals surface area (Å²) in [5, 5.41) is 0.970. The van der Waals surface area contributed by atoms with E-state index in [-0.39, 0.29) is 5.60 Å². The number of ether oxygens (including phenoxy) is 1. The molecule has 0 aliphatic carbocycles. The Balaban J connectivity index is 2.84. The van der Waals surface area contributed by atoms with E-state index < -0.39 is 0 Å². The minimum atomic E-state index is -0.123. The lowest BCUT2D eigenvalue weighted by atomic mass is 10.1. The Morgan fingerprint density at radius 2 is 1.86 bits per heavy atom. The Morgan fingerprint density at radius 3 is 2.43 bits per heavy atom. The van der Waals surface area contributed by atoms with Gasteiger partial charge in [-0.3, -0.25) is 0 Å². The zero-order valence-electron chi connectivity index (χ0n) is 9.01. The molecule has 0 bridgehead atoms. The van der Waals surface area contributed by atoms with E-state index in [1.165, 1.54) is 5.56 Å². The van der Waals surface area contributed by atoms with E-state index in [0.29, 0.717) is 0 Å². The number of halogens is 1. The van der Waals surface area contributed by atoms with Crippen LogP contribution in [-0.4, -0.2) is 10.9 Å². The smallest absolute Gasteiger partial charge is 0.123 e. The van der Waals surface area contributed by atoms with Crippen LogP contribution in [0.1, 0.15) is 26.3 Å². The Hall–Kier alpha value is -0.500. The highest BCUT2D eigenvalue weighted by atomic mass is 79.9. The molecule has 0 saturated heterocycles. The minimum Gasteiger partial charge on any atom is -0.488 e. The van der Waals surface area contributed by atoms with Crippen LogP contribution in [0.5, 0.6) is 5.75 Å². The number of rotatable bonds is 3. The summed E-state index contributed by atoms with van der Waals surface area (Å²) in [4.78, 5) is 0. The average molecular weight is 257 g/mol. The molecule has 1 nitrogen and oxygen atoms in total. The van der Waals surface area contributed by atoms with Gasteiger partial charge in [-0.05, 0) is 38.8 Å². The highest BCUT2D eigenvalue weighted by Crippen LogP contribution is 2.23. The van der Waals surface area contributed by atoms with Crippen LogP contribution in [0, 0.1) is 0 Å². The van der Waals surface area contributed by atoms with Gasteiger partial charge in [0.25, 0.3) is 0 Å². The molecule has 78 valence electrons. The van der Waals surface area contributed by atoms with Crippen molar-refractivity contribution in [3.63, 3.8) is 0 Å². The normalized spacial score (nSPS) is 11.4. The van der Waals surface area contributed by atoms with Gasteiger partial charge in [-0.15, -0.1) is 0 Å². The molecule has 0 aliphatic rings. The third kappa shape index (κ3) is 3.70. The van der Waals surface area contributed by atoms with Gasteiger partial charge >= 0.3 is 0 Å². The van der Waals surface area contributed by atoms with E-state index in [9.17, 15) is 0 Å². The SMILES string of the molecule is CC(C)(C)Oc1ccccc1CCBr. The maximum absolute atomic E-state index is 5.86. The van der Waals surface area contributed by atoms with Crippen LogP contribution in [0.2, 0.25) is 0 Å². The van der Waals surface area contributed by atoms with Crippen molar-refractivity contribution in [1.29, 1.82) is 0 Å². The molecule has 0 aromatic heterocycles. The molecule has 1 aromatic carbocycles. The predicted molar refractivity (Wildman–Crippen MR) is 64.3 cm³/mol. The van der Waals surface area contributed by atoms with Gasteiger partial charge in [0.15, 0.2) is 0 Å². The van der Waals surface area contributed by atoms with Crippen molar-refractivity contribution in [3.05, 3.63) is 29.8 Å². The molecule has 0 saturated carbocycles. The van der Waals surface area contributed by atoms with E-state index >= 15 is 0 Å². The van der Waals surface area contributed by atoms with Crippen LogP contribution >= 0.6 is 15.9 Å². The average Bonchev–Trinajstić information content (AvgIpc) is 2.06. The van der Waals surface area contributed by atoms with Crippen LogP contribution in [0.25, 0.3) is 0 Å². The third-order valence-electron chi connectivity index (χ3n) is 1.75. The third-order valence-corrected chi connectivity index (χ3v) is 2.15. The molecule has 0 N–H and O–H groups in total.